The zero-order chi connectivity index (χ0) is 15.5. The first-order valence-electron chi connectivity index (χ1n) is 7.68. The highest BCUT2D eigenvalue weighted by molar-refractivity contribution is 5.93. The number of amides is 1. The van der Waals surface area contributed by atoms with Crippen molar-refractivity contribution < 1.29 is 4.79 Å². The van der Waals surface area contributed by atoms with Gasteiger partial charge in [0.15, 0.2) is 5.65 Å². The van der Waals surface area contributed by atoms with Crippen LogP contribution in [-0.2, 0) is 0 Å². The van der Waals surface area contributed by atoms with Crippen LogP contribution in [0.25, 0.3) is 5.65 Å². The van der Waals surface area contributed by atoms with E-state index >= 15 is 0 Å². The molecule has 22 heavy (non-hydrogen) atoms. The van der Waals surface area contributed by atoms with E-state index in [-0.39, 0.29) is 5.91 Å². The van der Waals surface area contributed by atoms with Crippen molar-refractivity contribution in [3.63, 3.8) is 0 Å². The van der Waals surface area contributed by atoms with Gasteiger partial charge in [0.05, 0.1) is 6.20 Å². The number of hydrogen-bond donors (Lipinski definition) is 1. The summed E-state index contributed by atoms with van der Waals surface area (Å²) in [6.07, 6.45) is 4.07. The molecule has 7 nitrogen and oxygen atoms in total. The quantitative estimate of drug-likeness (QED) is 0.877. The molecule has 1 saturated heterocycles. The fourth-order valence-corrected chi connectivity index (χ4v) is 2.67. The third-order valence-corrected chi connectivity index (χ3v) is 3.85. The summed E-state index contributed by atoms with van der Waals surface area (Å²) in [5.41, 5.74) is 1.16. The van der Waals surface area contributed by atoms with Gasteiger partial charge < -0.3 is 15.1 Å². The van der Waals surface area contributed by atoms with Gasteiger partial charge in [0, 0.05) is 38.3 Å². The molecule has 0 bridgehead atoms. The largest absolute Gasteiger partial charge is 0.356 e. The molecule has 1 fully saturated rings. The molecule has 1 aliphatic rings. The van der Waals surface area contributed by atoms with Crippen LogP contribution in [-0.4, -0.2) is 65.7 Å². The highest BCUT2D eigenvalue weighted by Crippen LogP contribution is 2.21. The van der Waals surface area contributed by atoms with E-state index in [9.17, 15) is 4.79 Å². The Morgan fingerprint density at radius 2 is 2.14 bits per heavy atom. The van der Waals surface area contributed by atoms with Crippen LogP contribution in [0.4, 0.5) is 5.82 Å². The maximum atomic E-state index is 12.3. The fraction of sp³-hybridized carbons (Fsp3) is 0.533. The first-order valence-corrected chi connectivity index (χ1v) is 7.68. The first-order chi connectivity index (χ1) is 10.6. The molecular weight excluding hydrogens is 280 g/mol. The van der Waals surface area contributed by atoms with Crippen LogP contribution in [0.1, 0.15) is 23.3 Å². The number of nitrogens with one attached hydrogen (secondary N) is 1. The van der Waals surface area contributed by atoms with Crippen LogP contribution in [0.5, 0.6) is 0 Å². The van der Waals surface area contributed by atoms with Crippen molar-refractivity contribution in [3.8, 4) is 0 Å². The molecule has 0 aromatic carbocycles. The van der Waals surface area contributed by atoms with Gasteiger partial charge in [0.2, 0.25) is 0 Å². The lowest BCUT2D eigenvalue weighted by molar-refractivity contribution is 0.0946. The molecule has 1 aliphatic heterocycles. The van der Waals surface area contributed by atoms with E-state index < -0.39 is 0 Å². The maximum absolute atomic E-state index is 12.3. The van der Waals surface area contributed by atoms with Crippen LogP contribution in [0, 0.1) is 0 Å². The number of rotatable bonds is 5. The van der Waals surface area contributed by atoms with Crippen molar-refractivity contribution in [3.05, 3.63) is 24.0 Å². The minimum atomic E-state index is -0.133. The summed E-state index contributed by atoms with van der Waals surface area (Å²) in [4.78, 5) is 21.0. The minimum Gasteiger partial charge on any atom is -0.356 e. The zero-order valence-corrected chi connectivity index (χ0v) is 13.1. The zero-order valence-electron chi connectivity index (χ0n) is 13.1. The molecule has 2 aromatic rings. The summed E-state index contributed by atoms with van der Waals surface area (Å²) in [5.74, 6) is 0.816. The monoisotopic (exact) mass is 302 g/mol. The molecule has 118 valence electrons. The number of carbonyl (C=O) groups excluding carboxylic acids is 1. The van der Waals surface area contributed by atoms with Crippen LogP contribution < -0.4 is 10.2 Å². The van der Waals surface area contributed by atoms with Gasteiger partial charge in [-0.05, 0) is 26.9 Å². The standard InChI is InChI=1S/C15H22N6O/c1-19(2)10-7-16-15(22)12-11-14(20-8-3-4-9-20)21-13(18-12)5-6-17-21/h5-6,11H,3-4,7-10H2,1-2H3,(H,16,22). The molecule has 1 N–H and O–H groups in total. The molecule has 3 heterocycles. The molecule has 0 saturated carbocycles. The number of likely N-dealkylation sites (N-methyl/N-ethyl adjacent to an activating group) is 1. The fourth-order valence-electron chi connectivity index (χ4n) is 2.67. The molecule has 0 spiro atoms. The Balaban J connectivity index is 1.85. The van der Waals surface area contributed by atoms with E-state index in [0.29, 0.717) is 17.9 Å². The number of fused-ring (bicyclic) bond motifs is 1. The summed E-state index contributed by atoms with van der Waals surface area (Å²) in [6, 6.07) is 3.67. The van der Waals surface area contributed by atoms with E-state index in [1.165, 1.54) is 12.8 Å². The van der Waals surface area contributed by atoms with Gasteiger partial charge in [-0.1, -0.05) is 0 Å². The van der Waals surface area contributed by atoms with Crippen LogP contribution in [0.3, 0.4) is 0 Å². The number of aromatic nitrogens is 3. The van der Waals surface area contributed by atoms with E-state index in [1.54, 1.807) is 6.20 Å². The van der Waals surface area contributed by atoms with Crippen molar-refractivity contribution in [2.45, 2.75) is 12.8 Å². The number of anilines is 1. The maximum Gasteiger partial charge on any atom is 0.270 e. The summed E-state index contributed by atoms with van der Waals surface area (Å²) >= 11 is 0. The van der Waals surface area contributed by atoms with Crippen LogP contribution >= 0.6 is 0 Å². The van der Waals surface area contributed by atoms with Gasteiger partial charge in [-0.3, -0.25) is 4.79 Å². The predicted octanol–water partition coefficient (Wildman–Crippen LogP) is 0.621. The van der Waals surface area contributed by atoms with Gasteiger partial charge in [0.1, 0.15) is 11.5 Å². The third-order valence-electron chi connectivity index (χ3n) is 3.85. The Hall–Kier alpha value is -2.15. The van der Waals surface area contributed by atoms with Crippen LogP contribution in [0.15, 0.2) is 18.3 Å². The molecule has 7 heteroatoms. The highest BCUT2D eigenvalue weighted by atomic mass is 16.1. The molecule has 0 unspecified atom stereocenters. The predicted molar refractivity (Wildman–Crippen MR) is 85.3 cm³/mol. The van der Waals surface area contributed by atoms with Crippen LogP contribution in [0.2, 0.25) is 0 Å². The minimum absolute atomic E-state index is 0.133. The van der Waals surface area contributed by atoms with Crippen molar-refractivity contribution in [2.75, 3.05) is 45.2 Å². The Bertz CT molecular complexity index is 659. The van der Waals surface area contributed by atoms with E-state index in [2.05, 4.69) is 20.3 Å². The number of hydrogen-bond acceptors (Lipinski definition) is 5. The molecular formula is C15H22N6O. The second-order valence-corrected chi connectivity index (χ2v) is 5.85. The average Bonchev–Trinajstić information content (AvgIpc) is 3.16. The number of nitrogens with zero attached hydrogens (tertiary/aromatic N) is 5. The summed E-state index contributed by atoms with van der Waals surface area (Å²) < 4.78 is 1.81. The Morgan fingerprint density at radius 1 is 1.36 bits per heavy atom. The van der Waals surface area contributed by atoms with Crippen molar-refractivity contribution >= 4 is 17.4 Å². The third kappa shape index (κ3) is 3.04. The lowest BCUT2D eigenvalue weighted by atomic mass is 10.3. The lowest BCUT2D eigenvalue weighted by Crippen LogP contribution is -2.32. The molecule has 2 aromatic heterocycles. The Kier molecular flexibility index (Phi) is 4.24. The molecule has 1 amide bonds. The van der Waals surface area contributed by atoms with Crippen molar-refractivity contribution in [1.82, 2.24) is 24.8 Å². The number of carbonyl (C=O) groups is 1. The summed E-state index contributed by atoms with van der Waals surface area (Å²) in [5, 5.41) is 7.24. The molecule has 0 aliphatic carbocycles. The molecule has 0 radical (unpaired) electrons. The van der Waals surface area contributed by atoms with Crippen molar-refractivity contribution in [2.24, 2.45) is 0 Å². The second kappa shape index (κ2) is 6.31. The van der Waals surface area contributed by atoms with E-state index in [4.69, 9.17) is 0 Å². The van der Waals surface area contributed by atoms with E-state index in [1.807, 2.05) is 35.6 Å². The molecule has 0 atom stereocenters. The summed E-state index contributed by atoms with van der Waals surface area (Å²) in [6.45, 7) is 3.41. The van der Waals surface area contributed by atoms with Gasteiger partial charge in [-0.2, -0.15) is 9.61 Å². The summed E-state index contributed by atoms with van der Waals surface area (Å²) in [7, 11) is 3.96. The normalized spacial score (nSPS) is 15.0. The van der Waals surface area contributed by atoms with E-state index in [0.717, 1.165) is 25.5 Å². The van der Waals surface area contributed by atoms with Gasteiger partial charge >= 0.3 is 0 Å². The Morgan fingerprint density at radius 3 is 2.86 bits per heavy atom. The Labute approximate surface area is 129 Å². The van der Waals surface area contributed by atoms with Gasteiger partial charge in [-0.25, -0.2) is 4.98 Å². The second-order valence-electron chi connectivity index (χ2n) is 5.85. The smallest absolute Gasteiger partial charge is 0.270 e. The first kappa shape index (κ1) is 14.8. The van der Waals surface area contributed by atoms with Gasteiger partial charge in [0.25, 0.3) is 5.91 Å². The SMILES string of the molecule is CN(C)CCNC(=O)c1cc(N2CCCC2)n2nccc2n1. The molecule has 3 rings (SSSR count). The lowest BCUT2D eigenvalue weighted by Gasteiger charge is -2.19. The topological polar surface area (TPSA) is 65.8 Å². The van der Waals surface area contributed by atoms with Gasteiger partial charge in [-0.15, -0.1) is 0 Å². The van der Waals surface area contributed by atoms with Crippen molar-refractivity contribution in [1.29, 1.82) is 0 Å². The average molecular weight is 302 g/mol. The highest BCUT2D eigenvalue weighted by Gasteiger charge is 2.19.